The molecule has 2 aromatic heterocycles. The molecular formula is C18H19ClN4O2S. The van der Waals surface area contributed by atoms with Crippen LogP contribution in [0.5, 0.6) is 0 Å². The van der Waals surface area contributed by atoms with E-state index in [4.69, 9.17) is 11.6 Å². The van der Waals surface area contributed by atoms with Crippen molar-refractivity contribution < 1.29 is 4.79 Å². The first kappa shape index (κ1) is 18.4. The number of thiophene rings is 1. The molecular weight excluding hydrogens is 372 g/mol. The van der Waals surface area contributed by atoms with Crippen molar-refractivity contribution in [2.75, 3.05) is 23.3 Å². The standard InChI is InChI=1S/C18H19ClN4O2S/c1-3-22(4-2)18-21-14-9-10-26-16(14)17(25)23(18)11-15(24)20-13-7-5-12(19)6-8-13/h5-10H,3-4,11H2,1-2H3,(H,20,24). The molecule has 0 unspecified atom stereocenters. The van der Waals surface area contributed by atoms with E-state index < -0.39 is 0 Å². The predicted octanol–water partition coefficient (Wildman–Crippen LogP) is 3.60. The minimum Gasteiger partial charge on any atom is -0.343 e. The van der Waals surface area contributed by atoms with Crippen LogP contribution in [0.2, 0.25) is 5.02 Å². The maximum absolute atomic E-state index is 12.9. The van der Waals surface area contributed by atoms with Crippen molar-refractivity contribution in [3.8, 4) is 0 Å². The number of amides is 1. The van der Waals surface area contributed by atoms with E-state index in [0.29, 0.717) is 40.0 Å². The fourth-order valence-electron chi connectivity index (χ4n) is 2.70. The predicted molar refractivity (Wildman–Crippen MR) is 108 cm³/mol. The molecule has 0 aliphatic heterocycles. The monoisotopic (exact) mass is 390 g/mol. The Balaban J connectivity index is 1.95. The van der Waals surface area contributed by atoms with Crippen LogP contribution >= 0.6 is 22.9 Å². The number of nitrogens with zero attached hydrogens (tertiary/aromatic N) is 3. The summed E-state index contributed by atoms with van der Waals surface area (Å²) in [5.74, 6) is 0.220. The van der Waals surface area contributed by atoms with E-state index in [9.17, 15) is 9.59 Å². The van der Waals surface area contributed by atoms with Crippen molar-refractivity contribution in [3.05, 3.63) is 51.1 Å². The van der Waals surface area contributed by atoms with Crippen molar-refractivity contribution >= 4 is 50.7 Å². The summed E-state index contributed by atoms with van der Waals surface area (Å²) in [5, 5.41) is 5.22. The fraction of sp³-hybridized carbons (Fsp3) is 0.278. The van der Waals surface area contributed by atoms with Gasteiger partial charge in [-0.05, 0) is 49.6 Å². The van der Waals surface area contributed by atoms with Gasteiger partial charge in [0.15, 0.2) is 0 Å². The number of hydrogen-bond acceptors (Lipinski definition) is 5. The molecule has 1 amide bonds. The molecule has 2 heterocycles. The summed E-state index contributed by atoms with van der Waals surface area (Å²) in [6.07, 6.45) is 0. The lowest BCUT2D eigenvalue weighted by Crippen LogP contribution is -2.35. The first-order chi connectivity index (χ1) is 12.5. The van der Waals surface area contributed by atoms with Crippen LogP contribution in [0.1, 0.15) is 13.8 Å². The number of nitrogens with one attached hydrogen (secondary N) is 1. The van der Waals surface area contributed by atoms with Gasteiger partial charge in [-0.2, -0.15) is 0 Å². The Hall–Kier alpha value is -2.38. The maximum Gasteiger partial charge on any atom is 0.273 e. The molecule has 0 radical (unpaired) electrons. The van der Waals surface area contributed by atoms with E-state index >= 15 is 0 Å². The molecule has 0 aliphatic carbocycles. The van der Waals surface area contributed by atoms with Crippen molar-refractivity contribution in [3.63, 3.8) is 0 Å². The van der Waals surface area contributed by atoms with Crippen molar-refractivity contribution in [2.45, 2.75) is 20.4 Å². The van der Waals surface area contributed by atoms with Crippen LogP contribution in [0, 0.1) is 0 Å². The van der Waals surface area contributed by atoms with E-state index in [1.807, 2.05) is 30.2 Å². The summed E-state index contributed by atoms with van der Waals surface area (Å²) in [6, 6.07) is 8.66. The van der Waals surface area contributed by atoms with E-state index in [1.54, 1.807) is 24.3 Å². The van der Waals surface area contributed by atoms with Crippen molar-refractivity contribution in [1.82, 2.24) is 9.55 Å². The molecule has 0 saturated carbocycles. The molecule has 0 aliphatic rings. The number of rotatable bonds is 6. The third-order valence-electron chi connectivity index (χ3n) is 4.02. The van der Waals surface area contributed by atoms with Gasteiger partial charge in [0.2, 0.25) is 11.9 Å². The number of carbonyl (C=O) groups is 1. The maximum atomic E-state index is 12.9. The number of carbonyl (C=O) groups excluding carboxylic acids is 1. The summed E-state index contributed by atoms with van der Waals surface area (Å²) >= 11 is 7.20. The Morgan fingerprint density at radius 1 is 1.23 bits per heavy atom. The van der Waals surface area contributed by atoms with Gasteiger partial charge in [0, 0.05) is 23.8 Å². The zero-order chi connectivity index (χ0) is 18.7. The Bertz CT molecular complexity index is 977. The number of halogens is 1. The summed E-state index contributed by atoms with van der Waals surface area (Å²) in [5.41, 5.74) is 1.09. The van der Waals surface area contributed by atoms with Crippen molar-refractivity contribution in [1.29, 1.82) is 0 Å². The fourth-order valence-corrected chi connectivity index (χ4v) is 3.60. The van der Waals surface area contributed by atoms with Crippen LogP contribution in [-0.4, -0.2) is 28.5 Å². The van der Waals surface area contributed by atoms with Gasteiger partial charge < -0.3 is 10.2 Å². The molecule has 0 atom stereocenters. The van der Waals surface area contributed by atoms with Gasteiger partial charge in [-0.15, -0.1) is 11.3 Å². The number of benzene rings is 1. The molecule has 26 heavy (non-hydrogen) atoms. The molecule has 0 fully saturated rings. The van der Waals surface area contributed by atoms with Crippen LogP contribution in [0.25, 0.3) is 10.2 Å². The van der Waals surface area contributed by atoms with Crippen LogP contribution in [0.15, 0.2) is 40.5 Å². The zero-order valence-electron chi connectivity index (χ0n) is 14.5. The first-order valence-corrected chi connectivity index (χ1v) is 9.57. The highest BCUT2D eigenvalue weighted by atomic mass is 35.5. The second-order valence-corrected chi connectivity index (χ2v) is 7.02. The topological polar surface area (TPSA) is 67.2 Å². The zero-order valence-corrected chi connectivity index (χ0v) is 16.1. The average Bonchev–Trinajstić information content (AvgIpc) is 3.10. The summed E-state index contributed by atoms with van der Waals surface area (Å²) in [7, 11) is 0. The highest BCUT2D eigenvalue weighted by Crippen LogP contribution is 2.19. The van der Waals surface area contributed by atoms with Crippen LogP contribution in [0.4, 0.5) is 11.6 Å². The first-order valence-electron chi connectivity index (χ1n) is 8.31. The lowest BCUT2D eigenvalue weighted by Gasteiger charge is -2.23. The number of aromatic nitrogens is 2. The minimum absolute atomic E-state index is 0.103. The Labute approximate surface area is 160 Å². The molecule has 0 spiro atoms. The molecule has 3 aromatic rings. The van der Waals surface area contributed by atoms with Gasteiger partial charge >= 0.3 is 0 Å². The van der Waals surface area contributed by atoms with E-state index in [1.165, 1.54) is 15.9 Å². The molecule has 1 aromatic carbocycles. The molecule has 8 heteroatoms. The number of anilines is 2. The molecule has 0 bridgehead atoms. The number of fused-ring (bicyclic) bond motifs is 1. The average molecular weight is 391 g/mol. The lowest BCUT2D eigenvalue weighted by atomic mass is 10.3. The minimum atomic E-state index is -0.291. The quantitative estimate of drug-likeness (QED) is 0.698. The Morgan fingerprint density at radius 3 is 2.58 bits per heavy atom. The summed E-state index contributed by atoms with van der Waals surface area (Å²) < 4.78 is 2.00. The van der Waals surface area contributed by atoms with Gasteiger partial charge in [0.05, 0.1) is 5.52 Å². The van der Waals surface area contributed by atoms with Crippen LogP contribution in [-0.2, 0) is 11.3 Å². The highest BCUT2D eigenvalue weighted by Gasteiger charge is 2.18. The molecule has 1 N–H and O–H groups in total. The largest absolute Gasteiger partial charge is 0.343 e. The molecule has 6 nitrogen and oxygen atoms in total. The summed E-state index contributed by atoms with van der Waals surface area (Å²) in [4.78, 5) is 32.0. The third-order valence-corrected chi connectivity index (χ3v) is 5.17. The second kappa shape index (κ2) is 7.88. The normalized spacial score (nSPS) is 10.9. The number of hydrogen-bond donors (Lipinski definition) is 1. The third kappa shape index (κ3) is 3.73. The van der Waals surface area contributed by atoms with Gasteiger partial charge in [0.1, 0.15) is 11.2 Å². The van der Waals surface area contributed by atoms with Gasteiger partial charge in [0.25, 0.3) is 5.56 Å². The molecule has 0 saturated heterocycles. The van der Waals surface area contributed by atoms with Crippen LogP contribution in [0.3, 0.4) is 0 Å². The van der Waals surface area contributed by atoms with Crippen LogP contribution < -0.4 is 15.8 Å². The molecule has 3 rings (SSSR count). The second-order valence-electron chi connectivity index (χ2n) is 5.67. The SMILES string of the molecule is CCN(CC)c1nc2ccsc2c(=O)n1CC(=O)Nc1ccc(Cl)cc1. The van der Waals surface area contributed by atoms with E-state index in [-0.39, 0.29) is 18.0 Å². The van der Waals surface area contributed by atoms with E-state index in [0.717, 1.165) is 0 Å². The highest BCUT2D eigenvalue weighted by molar-refractivity contribution is 7.17. The lowest BCUT2D eigenvalue weighted by molar-refractivity contribution is -0.116. The molecule has 136 valence electrons. The Morgan fingerprint density at radius 2 is 1.92 bits per heavy atom. The van der Waals surface area contributed by atoms with Gasteiger partial charge in [-0.1, -0.05) is 11.6 Å². The Kier molecular flexibility index (Phi) is 5.58. The smallest absolute Gasteiger partial charge is 0.273 e. The van der Waals surface area contributed by atoms with E-state index in [2.05, 4.69) is 10.3 Å². The van der Waals surface area contributed by atoms with Gasteiger partial charge in [-0.3, -0.25) is 14.2 Å². The van der Waals surface area contributed by atoms with Crippen molar-refractivity contribution in [2.24, 2.45) is 0 Å². The summed E-state index contributed by atoms with van der Waals surface area (Å²) in [6.45, 7) is 5.26. The van der Waals surface area contributed by atoms with Gasteiger partial charge in [-0.25, -0.2) is 4.98 Å².